The highest BCUT2D eigenvalue weighted by atomic mass is 32.1. The first-order chi connectivity index (χ1) is 9.36. The molecule has 0 saturated carbocycles. The van der Waals surface area contributed by atoms with E-state index in [0.717, 1.165) is 31.6 Å². The minimum absolute atomic E-state index is 0.596. The number of anilines is 1. The van der Waals surface area contributed by atoms with Crippen LogP contribution in [0.25, 0.3) is 31.6 Å². The average molecular weight is 268 g/mol. The fourth-order valence-corrected chi connectivity index (χ4v) is 3.08. The molecule has 0 spiro atoms. The molecule has 6 nitrogen and oxygen atoms in total. The summed E-state index contributed by atoms with van der Waals surface area (Å²) < 4.78 is 0.871. The van der Waals surface area contributed by atoms with Gasteiger partial charge in [0.05, 0.1) is 11.0 Å². The van der Waals surface area contributed by atoms with E-state index in [0.29, 0.717) is 5.82 Å². The van der Waals surface area contributed by atoms with E-state index in [1.54, 1.807) is 0 Å². The summed E-state index contributed by atoms with van der Waals surface area (Å²) in [5, 5.41) is 0. The second-order valence-electron chi connectivity index (χ2n) is 4.01. The van der Waals surface area contributed by atoms with E-state index >= 15 is 0 Å². The van der Waals surface area contributed by atoms with Gasteiger partial charge in [-0.2, -0.15) is 0 Å². The number of hydrazine groups is 1. The van der Waals surface area contributed by atoms with Crippen molar-refractivity contribution in [2.45, 2.75) is 0 Å². The zero-order valence-electron chi connectivity index (χ0n) is 9.66. The van der Waals surface area contributed by atoms with Crippen molar-refractivity contribution in [1.29, 1.82) is 0 Å². The summed E-state index contributed by atoms with van der Waals surface area (Å²) >= 11 is 1.49. The Morgan fingerprint density at radius 1 is 1.00 bits per heavy atom. The van der Waals surface area contributed by atoms with E-state index in [4.69, 9.17) is 5.84 Å². The van der Waals surface area contributed by atoms with Crippen LogP contribution in [0.1, 0.15) is 0 Å². The van der Waals surface area contributed by atoms with Crippen LogP contribution in [0, 0.1) is 0 Å². The third-order valence-corrected chi connectivity index (χ3v) is 3.97. The van der Waals surface area contributed by atoms with Crippen LogP contribution in [0.5, 0.6) is 0 Å². The van der Waals surface area contributed by atoms with Crippen molar-refractivity contribution in [2.75, 3.05) is 5.43 Å². The largest absolute Gasteiger partial charge is 0.307 e. The highest BCUT2D eigenvalue weighted by Gasteiger charge is 2.13. The molecule has 3 N–H and O–H groups in total. The normalized spacial score (nSPS) is 11.4. The molecule has 92 valence electrons. The van der Waals surface area contributed by atoms with Gasteiger partial charge in [-0.3, -0.25) is 0 Å². The van der Waals surface area contributed by atoms with Crippen LogP contribution < -0.4 is 11.3 Å². The maximum atomic E-state index is 5.46. The highest BCUT2D eigenvalue weighted by Crippen LogP contribution is 2.34. The zero-order chi connectivity index (χ0) is 12.8. The average Bonchev–Trinajstić information content (AvgIpc) is 2.82. The Hall–Kier alpha value is -2.38. The Morgan fingerprint density at radius 2 is 1.79 bits per heavy atom. The van der Waals surface area contributed by atoms with Gasteiger partial charge < -0.3 is 5.43 Å². The SMILES string of the molecule is NNc1ncnc2c1sc1nc3ccccc3nc12. The van der Waals surface area contributed by atoms with Crippen molar-refractivity contribution >= 4 is 48.8 Å². The predicted molar refractivity (Wildman–Crippen MR) is 75.8 cm³/mol. The third-order valence-electron chi connectivity index (χ3n) is 2.90. The molecule has 0 atom stereocenters. The number of fused-ring (bicyclic) bond motifs is 4. The summed E-state index contributed by atoms with van der Waals surface area (Å²) in [5.74, 6) is 6.06. The van der Waals surface area contributed by atoms with Gasteiger partial charge in [0.25, 0.3) is 0 Å². The van der Waals surface area contributed by atoms with E-state index in [1.807, 2.05) is 24.3 Å². The second kappa shape index (κ2) is 3.81. The lowest BCUT2D eigenvalue weighted by Crippen LogP contribution is -2.08. The van der Waals surface area contributed by atoms with Crippen molar-refractivity contribution in [3.63, 3.8) is 0 Å². The van der Waals surface area contributed by atoms with Crippen LogP contribution >= 0.6 is 11.3 Å². The fourth-order valence-electron chi connectivity index (χ4n) is 2.05. The number of nitrogens with zero attached hydrogens (tertiary/aromatic N) is 4. The van der Waals surface area contributed by atoms with E-state index in [2.05, 4.69) is 25.4 Å². The molecule has 0 amide bonds. The molecule has 0 fully saturated rings. The Kier molecular flexibility index (Phi) is 2.11. The second-order valence-corrected chi connectivity index (χ2v) is 5.01. The predicted octanol–water partition coefficient (Wildman–Crippen LogP) is 2.07. The molecule has 4 aromatic rings. The van der Waals surface area contributed by atoms with Crippen molar-refractivity contribution in [3.8, 4) is 0 Å². The van der Waals surface area contributed by atoms with Crippen LogP contribution in [-0.4, -0.2) is 19.9 Å². The minimum Gasteiger partial charge on any atom is -0.307 e. The van der Waals surface area contributed by atoms with Crippen LogP contribution in [0.4, 0.5) is 5.82 Å². The van der Waals surface area contributed by atoms with Gasteiger partial charge in [0, 0.05) is 0 Å². The first-order valence-electron chi connectivity index (χ1n) is 5.63. The maximum absolute atomic E-state index is 5.46. The molecule has 3 aromatic heterocycles. The van der Waals surface area contributed by atoms with Gasteiger partial charge in [-0.15, -0.1) is 11.3 Å². The molecule has 0 bridgehead atoms. The topological polar surface area (TPSA) is 89.6 Å². The Labute approximate surface area is 111 Å². The minimum atomic E-state index is 0.596. The number of benzene rings is 1. The molecule has 0 aliphatic rings. The van der Waals surface area contributed by atoms with Crippen LogP contribution in [0.2, 0.25) is 0 Å². The number of nitrogens with one attached hydrogen (secondary N) is 1. The molecule has 1 aromatic carbocycles. The Morgan fingerprint density at radius 3 is 2.58 bits per heavy atom. The van der Waals surface area contributed by atoms with Crippen LogP contribution in [0.3, 0.4) is 0 Å². The van der Waals surface area contributed by atoms with E-state index in [9.17, 15) is 0 Å². The van der Waals surface area contributed by atoms with Gasteiger partial charge >= 0.3 is 0 Å². The van der Waals surface area contributed by atoms with Crippen LogP contribution in [-0.2, 0) is 0 Å². The van der Waals surface area contributed by atoms with Gasteiger partial charge in [-0.25, -0.2) is 25.8 Å². The number of para-hydroxylation sites is 2. The van der Waals surface area contributed by atoms with Gasteiger partial charge in [-0.05, 0) is 12.1 Å². The van der Waals surface area contributed by atoms with E-state index in [1.165, 1.54) is 17.7 Å². The lowest BCUT2D eigenvalue weighted by atomic mass is 10.3. The third kappa shape index (κ3) is 1.46. The molecule has 7 heteroatoms. The molecule has 0 unspecified atom stereocenters. The number of nitrogens with two attached hydrogens (primary N) is 1. The fraction of sp³-hybridized carbons (Fsp3) is 0. The quantitative estimate of drug-likeness (QED) is 0.406. The van der Waals surface area contributed by atoms with Crippen LogP contribution in [0.15, 0.2) is 30.6 Å². The van der Waals surface area contributed by atoms with Crippen molar-refractivity contribution < 1.29 is 0 Å². The van der Waals surface area contributed by atoms with Gasteiger partial charge in [0.15, 0.2) is 5.82 Å². The Bertz CT molecular complexity index is 916. The van der Waals surface area contributed by atoms with Crippen molar-refractivity contribution in [2.24, 2.45) is 5.84 Å². The maximum Gasteiger partial charge on any atom is 0.161 e. The number of thiophene rings is 1. The number of nitrogen functional groups attached to an aromatic ring is 1. The number of hydrogen-bond acceptors (Lipinski definition) is 7. The van der Waals surface area contributed by atoms with E-state index < -0.39 is 0 Å². The van der Waals surface area contributed by atoms with Gasteiger partial charge in [0.2, 0.25) is 0 Å². The molecule has 0 radical (unpaired) electrons. The zero-order valence-corrected chi connectivity index (χ0v) is 10.5. The standard InChI is InChI=1S/C12H8N6S/c13-18-11-10-8(14-5-15-11)9-12(19-10)17-7-4-2-1-3-6(7)16-9/h1-5H,13H2,(H,14,15,18). The first-order valence-corrected chi connectivity index (χ1v) is 6.45. The summed E-state index contributed by atoms with van der Waals surface area (Å²) in [4.78, 5) is 18.5. The van der Waals surface area contributed by atoms with E-state index in [-0.39, 0.29) is 0 Å². The summed E-state index contributed by atoms with van der Waals surface area (Å²) in [5.41, 5.74) is 5.87. The molecule has 0 saturated heterocycles. The summed E-state index contributed by atoms with van der Waals surface area (Å²) in [6, 6.07) is 7.77. The number of aromatic nitrogens is 4. The first kappa shape index (κ1) is 10.5. The number of hydrogen-bond donors (Lipinski definition) is 2. The summed E-state index contributed by atoms with van der Waals surface area (Å²) in [6.45, 7) is 0. The van der Waals surface area contributed by atoms with Gasteiger partial charge in [0.1, 0.15) is 26.9 Å². The van der Waals surface area contributed by atoms with Crippen molar-refractivity contribution in [3.05, 3.63) is 30.6 Å². The lowest BCUT2D eigenvalue weighted by molar-refractivity contribution is 1.19. The van der Waals surface area contributed by atoms with Gasteiger partial charge in [-0.1, -0.05) is 12.1 Å². The molecule has 3 heterocycles. The highest BCUT2D eigenvalue weighted by molar-refractivity contribution is 7.25. The molecular weight excluding hydrogens is 260 g/mol. The molecule has 19 heavy (non-hydrogen) atoms. The molecule has 0 aliphatic carbocycles. The molecule has 0 aliphatic heterocycles. The smallest absolute Gasteiger partial charge is 0.161 e. The molecule has 4 rings (SSSR count). The monoisotopic (exact) mass is 268 g/mol. The summed E-state index contributed by atoms with van der Waals surface area (Å²) in [7, 11) is 0. The lowest BCUT2D eigenvalue weighted by Gasteiger charge is -1.97. The molecular formula is C12H8N6S. The summed E-state index contributed by atoms with van der Waals surface area (Å²) in [6.07, 6.45) is 1.47. The van der Waals surface area contributed by atoms with Crippen molar-refractivity contribution in [1.82, 2.24) is 19.9 Å². The Balaban J connectivity index is 2.22. The number of rotatable bonds is 1.